The summed E-state index contributed by atoms with van der Waals surface area (Å²) < 4.78 is 0. The first kappa shape index (κ1) is 17.4. The third kappa shape index (κ3) is 4.17. The number of piperazine rings is 1. The van der Waals surface area contributed by atoms with Crippen LogP contribution in [-0.2, 0) is 16.0 Å². The molecule has 0 saturated carbocycles. The van der Waals surface area contributed by atoms with E-state index in [4.69, 9.17) is 11.6 Å². The van der Waals surface area contributed by atoms with Gasteiger partial charge in [0.15, 0.2) is 0 Å². The van der Waals surface area contributed by atoms with Gasteiger partial charge in [0.05, 0.1) is 0 Å². The molecule has 2 heterocycles. The average molecular weight is 358 g/mol. The number of rotatable bonds is 4. The van der Waals surface area contributed by atoms with Crippen molar-refractivity contribution in [1.82, 2.24) is 9.88 Å². The molecule has 0 unspecified atom stereocenters. The van der Waals surface area contributed by atoms with Crippen molar-refractivity contribution in [2.45, 2.75) is 25.8 Å². The Hall–Kier alpha value is -2.40. The summed E-state index contributed by atoms with van der Waals surface area (Å²) in [5.74, 6) is -0.0921. The lowest BCUT2D eigenvalue weighted by Gasteiger charge is -2.39. The number of nitrogens with zero attached hydrogens (tertiary/aromatic N) is 3. The summed E-state index contributed by atoms with van der Waals surface area (Å²) in [6.07, 6.45) is 4.47. The Morgan fingerprint density at radius 3 is 2.88 bits per heavy atom. The van der Waals surface area contributed by atoms with Gasteiger partial charge in [-0.3, -0.25) is 14.6 Å². The van der Waals surface area contributed by atoms with Gasteiger partial charge in [-0.2, -0.15) is 0 Å². The standard InChI is InChI=1S/C19H20ClN3O2/c1-14-12-23(17-6-2-5-16(20)10-17)19(25)13-22(14)18(24)8-7-15-4-3-9-21-11-15/h2-6,9-11,14H,7-8,12-13H2,1H3/t14-/m1/s1. The zero-order valence-electron chi connectivity index (χ0n) is 14.1. The molecular formula is C19H20ClN3O2. The lowest BCUT2D eigenvalue weighted by atomic mass is 10.1. The number of aryl methyl sites for hydroxylation is 1. The number of benzene rings is 1. The fourth-order valence-corrected chi connectivity index (χ4v) is 3.20. The van der Waals surface area contributed by atoms with Crippen molar-refractivity contribution in [3.8, 4) is 0 Å². The highest BCUT2D eigenvalue weighted by Crippen LogP contribution is 2.23. The van der Waals surface area contributed by atoms with Crippen molar-refractivity contribution in [1.29, 1.82) is 0 Å². The number of halogens is 1. The maximum atomic E-state index is 12.5. The number of hydrogen-bond donors (Lipinski definition) is 0. The van der Waals surface area contributed by atoms with Crippen LogP contribution in [0.25, 0.3) is 0 Å². The first-order valence-electron chi connectivity index (χ1n) is 8.29. The van der Waals surface area contributed by atoms with Gasteiger partial charge in [0.25, 0.3) is 0 Å². The van der Waals surface area contributed by atoms with E-state index in [0.717, 1.165) is 11.3 Å². The Labute approximate surface area is 152 Å². The Morgan fingerprint density at radius 2 is 2.16 bits per heavy atom. The highest BCUT2D eigenvalue weighted by Gasteiger charge is 2.32. The molecule has 3 rings (SSSR count). The molecule has 1 aromatic heterocycles. The predicted molar refractivity (Wildman–Crippen MR) is 97.5 cm³/mol. The van der Waals surface area contributed by atoms with Crippen LogP contribution in [0.15, 0.2) is 48.8 Å². The maximum Gasteiger partial charge on any atom is 0.246 e. The molecule has 5 nitrogen and oxygen atoms in total. The van der Waals surface area contributed by atoms with E-state index in [0.29, 0.717) is 24.4 Å². The van der Waals surface area contributed by atoms with Crippen LogP contribution in [0, 0.1) is 0 Å². The van der Waals surface area contributed by atoms with Gasteiger partial charge in [-0.15, -0.1) is 0 Å². The second-order valence-corrected chi connectivity index (χ2v) is 6.65. The van der Waals surface area contributed by atoms with E-state index in [-0.39, 0.29) is 24.4 Å². The van der Waals surface area contributed by atoms with E-state index in [1.165, 1.54) is 0 Å². The normalized spacial score (nSPS) is 17.7. The summed E-state index contributed by atoms with van der Waals surface area (Å²) in [7, 11) is 0. The third-order valence-electron chi connectivity index (χ3n) is 4.38. The van der Waals surface area contributed by atoms with E-state index < -0.39 is 0 Å². The number of carbonyl (C=O) groups is 2. The number of amides is 2. The summed E-state index contributed by atoms with van der Waals surface area (Å²) in [5, 5.41) is 0.591. The highest BCUT2D eigenvalue weighted by atomic mass is 35.5. The van der Waals surface area contributed by atoms with Crippen LogP contribution < -0.4 is 4.90 Å². The maximum absolute atomic E-state index is 12.5. The topological polar surface area (TPSA) is 53.5 Å². The lowest BCUT2D eigenvalue weighted by molar-refractivity contribution is -0.139. The van der Waals surface area contributed by atoms with Crippen LogP contribution in [0.5, 0.6) is 0 Å². The van der Waals surface area contributed by atoms with Crippen LogP contribution in [0.3, 0.4) is 0 Å². The smallest absolute Gasteiger partial charge is 0.246 e. The molecule has 1 fully saturated rings. The summed E-state index contributed by atoms with van der Waals surface area (Å²) in [6, 6.07) is 11.0. The molecule has 0 aliphatic carbocycles. The molecule has 0 spiro atoms. The third-order valence-corrected chi connectivity index (χ3v) is 4.61. The molecule has 0 bridgehead atoms. The molecule has 6 heteroatoms. The second kappa shape index (κ2) is 7.66. The number of aromatic nitrogens is 1. The summed E-state index contributed by atoms with van der Waals surface area (Å²) >= 11 is 6.02. The fourth-order valence-electron chi connectivity index (χ4n) is 3.02. The molecule has 25 heavy (non-hydrogen) atoms. The van der Waals surface area contributed by atoms with E-state index in [9.17, 15) is 9.59 Å². The molecule has 2 aromatic rings. The average Bonchev–Trinajstić information content (AvgIpc) is 2.62. The quantitative estimate of drug-likeness (QED) is 0.845. The number of pyridine rings is 1. The molecule has 130 valence electrons. The van der Waals surface area contributed by atoms with Gasteiger partial charge >= 0.3 is 0 Å². The van der Waals surface area contributed by atoms with Crippen molar-refractivity contribution < 1.29 is 9.59 Å². The van der Waals surface area contributed by atoms with Gasteiger partial charge in [0.1, 0.15) is 6.54 Å². The van der Waals surface area contributed by atoms with E-state index in [1.807, 2.05) is 31.2 Å². The Bertz CT molecular complexity index is 766. The Morgan fingerprint density at radius 1 is 1.32 bits per heavy atom. The van der Waals surface area contributed by atoms with E-state index in [1.54, 1.807) is 34.3 Å². The van der Waals surface area contributed by atoms with Crippen LogP contribution >= 0.6 is 11.6 Å². The van der Waals surface area contributed by atoms with Gasteiger partial charge in [-0.1, -0.05) is 23.7 Å². The minimum absolute atomic E-state index is 0.00422. The predicted octanol–water partition coefficient (Wildman–Crippen LogP) is 2.93. The first-order chi connectivity index (χ1) is 12.0. The zero-order chi connectivity index (χ0) is 17.8. The molecule has 1 aromatic carbocycles. The molecule has 2 amide bonds. The van der Waals surface area contributed by atoms with Crippen LogP contribution in [-0.4, -0.2) is 40.8 Å². The number of anilines is 1. The number of hydrogen-bond acceptors (Lipinski definition) is 3. The fraction of sp³-hybridized carbons (Fsp3) is 0.316. The molecule has 1 aliphatic rings. The van der Waals surface area contributed by atoms with Crippen LogP contribution in [0.2, 0.25) is 5.02 Å². The van der Waals surface area contributed by atoms with Crippen molar-refractivity contribution in [3.63, 3.8) is 0 Å². The van der Waals surface area contributed by atoms with Crippen molar-refractivity contribution in [2.24, 2.45) is 0 Å². The molecule has 1 atom stereocenters. The van der Waals surface area contributed by atoms with Crippen LogP contribution in [0.1, 0.15) is 18.9 Å². The SMILES string of the molecule is C[C@@H]1CN(c2cccc(Cl)c2)C(=O)CN1C(=O)CCc1cccnc1. The van der Waals surface area contributed by atoms with Gasteiger partial charge in [0.2, 0.25) is 11.8 Å². The first-order valence-corrected chi connectivity index (χ1v) is 8.66. The molecule has 1 aliphatic heterocycles. The Balaban J connectivity index is 1.63. The monoisotopic (exact) mass is 357 g/mol. The largest absolute Gasteiger partial charge is 0.329 e. The summed E-state index contributed by atoms with van der Waals surface area (Å²) in [5.41, 5.74) is 1.79. The van der Waals surface area contributed by atoms with E-state index in [2.05, 4.69) is 4.98 Å². The van der Waals surface area contributed by atoms with Crippen molar-refractivity contribution >= 4 is 29.1 Å². The second-order valence-electron chi connectivity index (χ2n) is 6.22. The Kier molecular flexibility index (Phi) is 5.34. The summed E-state index contributed by atoms with van der Waals surface area (Å²) in [4.78, 5) is 32.5. The van der Waals surface area contributed by atoms with Crippen molar-refractivity contribution in [2.75, 3.05) is 18.0 Å². The molecule has 1 saturated heterocycles. The lowest BCUT2D eigenvalue weighted by Crippen LogP contribution is -2.57. The van der Waals surface area contributed by atoms with Crippen molar-refractivity contribution in [3.05, 3.63) is 59.4 Å². The molecular weight excluding hydrogens is 338 g/mol. The molecule has 0 radical (unpaired) electrons. The van der Waals surface area contributed by atoms with Gasteiger partial charge in [0, 0.05) is 42.1 Å². The minimum atomic E-state index is -0.0879. The van der Waals surface area contributed by atoms with Gasteiger partial charge in [-0.05, 0) is 43.2 Å². The minimum Gasteiger partial charge on any atom is -0.329 e. The van der Waals surface area contributed by atoms with Crippen LogP contribution in [0.4, 0.5) is 5.69 Å². The van der Waals surface area contributed by atoms with Gasteiger partial charge in [-0.25, -0.2) is 0 Å². The highest BCUT2D eigenvalue weighted by molar-refractivity contribution is 6.30. The molecule has 0 N–H and O–H groups in total. The zero-order valence-corrected chi connectivity index (χ0v) is 14.8. The van der Waals surface area contributed by atoms with Gasteiger partial charge < -0.3 is 9.80 Å². The summed E-state index contributed by atoms with van der Waals surface area (Å²) in [6.45, 7) is 2.53. The number of carbonyl (C=O) groups excluding carboxylic acids is 2. The van der Waals surface area contributed by atoms with E-state index >= 15 is 0 Å².